The molecule has 1 rings (SSSR count). The third-order valence-electron chi connectivity index (χ3n) is 3.62. The van der Waals surface area contributed by atoms with Crippen LogP contribution in [0.1, 0.15) is 33.1 Å². The maximum Gasteiger partial charge on any atom is 0.234 e. The average Bonchev–Trinajstić information content (AvgIpc) is 2.47. The lowest BCUT2D eigenvalue weighted by atomic mass is 10.3. The number of carbonyl (C=O) groups excluding carboxylic acids is 2. The second kappa shape index (κ2) is 10.6. The molecule has 6 heteroatoms. The van der Waals surface area contributed by atoms with Crippen molar-refractivity contribution in [1.82, 2.24) is 20.4 Å². The second-order valence-electron chi connectivity index (χ2n) is 5.61. The fourth-order valence-corrected chi connectivity index (χ4v) is 2.29. The molecule has 0 unspecified atom stereocenters. The molecule has 2 N–H and O–H groups in total. The minimum Gasteiger partial charge on any atom is -0.355 e. The van der Waals surface area contributed by atoms with E-state index in [0.29, 0.717) is 13.1 Å². The van der Waals surface area contributed by atoms with Gasteiger partial charge in [-0.25, -0.2) is 0 Å². The highest BCUT2D eigenvalue weighted by molar-refractivity contribution is 5.78. The Morgan fingerprint density at radius 1 is 0.810 bits per heavy atom. The Morgan fingerprint density at radius 3 is 1.71 bits per heavy atom. The number of nitrogens with zero attached hydrogens (tertiary/aromatic N) is 2. The van der Waals surface area contributed by atoms with E-state index >= 15 is 0 Å². The third kappa shape index (κ3) is 8.02. The van der Waals surface area contributed by atoms with Crippen molar-refractivity contribution in [2.45, 2.75) is 33.1 Å². The number of nitrogens with one attached hydrogen (secondary N) is 2. The predicted molar refractivity (Wildman–Crippen MR) is 84.1 cm³/mol. The molecule has 1 aliphatic heterocycles. The van der Waals surface area contributed by atoms with Gasteiger partial charge in [-0.2, -0.15) is 0 Å². The molecule has 122 valence electrons. The van der Waals surface area contributed by atoms with Gasteiger partial charge in [-0.3, -0.25) is 19.4 Å². The number of carbonyl (C=O) groups is 2. The first-order valence-electron chi connectivity index (χ1n) is 8.13. The summed E-state index contributed by atoms with van der Waals surface area (Å²) in [5.41, 5.74) is 0. The second-order valence-corrected chi connectivity index (χ2v) is 5.61. The molecule has 2 amide bonds. The van der Waals surface area contributed by atoms with Crippen LogP contribution in [0.25, 0.3) is 0 Å². The minimum absolute atomic E-state index is 0.0996. The summed E-state index contributed by atoms with van der Waals surface area (Å²) in [5, 5.41) is 5.83. The number of hydrogen-bond donors (Lipinski definition) is 2. The molecule has 0 atom stereocenters. The molecule has 6 nitrogen and oxygen atoms in total. The summed E-state index contributed by atoms with van der Waals surface area (Å²) in [7, 11) is 0. The maximum absolute atomic E-state index is 11.7. The Balaban J connectivity index is 2.14. The molecule has 21 heavy (non-hydrogen) atoms. The normalized spacial score (nSPS) is 16.7. The van der Waals surface area contributed by atoms with Crippen LogP contribution in [-0.2, 0) is 9.59 Å². The molecule has 0 aromatic heterocycles. The quantitative estimate of drug-likeness (QED) is 0.590. The Hall–Kier alpha value is -1.14. The van der Waals surface area contributed by atoms with Gasteiger partial charge in [0.15, 0.2) is 0 Å². The standard InChI is InChI=1S/C15H30N4O2/c1-3-5-7-17-15(21)13-19-10-8-18(9-11-19)12-14(20)16-6-4-2/h3-13H2,1-2H3,(H,16,20)(H,17,21). The number of rotatable bonds is 9. The fraction of sp³-hybridized carbons (Fsp3) is 0.867. The molecule has 0 spiro atoms. The van der Waals surface area contributed by atoms with E-state index in [4.69, 9.17) is 0 Å². The first-order valence-corrected chi connectivity index (χ1v) is 8.13. The fourth-order valence-electron chi connectivity index (χ4n) is 2.29. The van der Waals surface area contributed by atoms with Crippen molar-refractivity contribution in [3.63, 3.8) is 0 Å². The van der Waals surface area contributed by atoms with E-state index in [1.165, 1.54) is 0 Å². The van der Waals surface area contributed by atoms with E-state index in [-0.39, 0.29) is 11.8 Å². The number of piperazine rings is 1. The molecule has 0 radical (unpaired) electrons. The molecule has 0 bridgehead atoms. The molecule has 0 saturated carbocycles. The van der Waals surface area contributed by atoms with E-state index in [1.807, 2.05) is 6.92 Å². The van der Waals surface area contributed by atoms with Crippen molar-refractivity contribution in [2.75, 3.05) is 52.4 Å². The van der Waals surface area contributed by atoms with Gasteiger partial charge in [-0.05, 0) is 12.8 Å². The van der Waals surface area contributed by atoms with Crippen LogP contribution in [0.15, 0.2) is 0 Å². The molecule has 1 aliphatic rings. The monoisotopic (exact) mass is 298 g/mol. The van der Waals surface area contributed by atoms with E-state index in [0.717, 1.165) is 58.5 Å². The Kier molecular flexibility index (Phi) is 9.01. The van der Waals surface area contributed by atoms with Gasteiger partial charge in [0, 0.05) is 39.3 Å². The van der Waals surface area contributed by atoms with Gasteiger partial charge in [0.25, 0.3) is 0 Å². The molecule has 0 aromatic carbocycles. The summed E-state index contributed by atoms with van der Waals surface area (Å²) in [6, 6.07) is 0. The van der Waals surface area contributed by atoms with Crippen LogP contribution in [0, 0.1) is 0 Å². The Morgan fingerprint density at radius 2 is 1.29 bits per heavy atom. The molecule has 1 saturated heterocycles. The van der Waals surface area contributed by atoms with E-state index in [1.54, 1.807) is 0 Å². The third-order valence-corrected chi connectivity index (χ3v) is 3.62. The van der Waals surface area contributed by atoms with Gasteiger partial charge in [-0.15, -0.1) is 0 Å². The SMILES string of the molecule is CCCCNC(=O)CN1CCN(CC(=O)NCCC)CC1. The predicted octanol–water partition coefficient (Wildman–Crippen LogP) is 0.0465. The van der Waals surface area contributed by atoms with Crippen LogP contribution in [0.2, 0.25) is 0 Å². The van der Waals surface area contributed by atoms with Gasteiger partial charge in [0.05, 0.1) is 13.1 Å². The van der Waals surface area contributed by atoms with Crippen LogP contribution in [-0.4, -0.2) is 74.0 Å². The summed E-state index contributed by atoms with van der Waals surface area (Å²) < 4.78 is 0. The molecular weight excluding hydrogens is 268 g/mol. The highest BCUT2D eigenvalue weighted by Gasteiger charge is 2.20. The maximum atomic E-state index is 11.7. The van der Waals surface area contributed by atoms with Gasteiger partial charge in [0.2, 0.25) is 11.8 Å². The lowest BCUT2D eigenvalue weighted by Gasteiger charge is -2.33. The largest absolute Gasteiger partial charge is 0.355 e. The highest BCUT2D eigenvalue weighted by Crippen LogP contribution is 2.01. The Labute approximate surface area is 128 Å². The van der Waals surface area contributed by atoms with E-state index in [9.17, 15) is 9.59 Å². The zero-order chi connectivity index (χ0) is 15.5. The molecule has 0 aliphatic carbocycles. The lowest BCUT2D eigenvalue weighted by molar-refractivity contribution is -0.125. The van der Waals surface area contributed by atoms with Crippen molar-refractivity contribution in [2.24, 2.45) is 0 Å². The summed E-state index contributed by atoms with van der Waals surface area (Å²) >= 11 is 0. The first-order chi connectivity index (χ1) is 10.2. The Bertz CT molecular complexity index is 315. The molecule has 0 aromatic rings. The first kappa shape index (κ1) is 17.9. The lowest BCUT2D eigenvalue weighted by Crippen LogP contribution is -2.51. The van der Waals surface area contributed by atoms with Crippen molar-refractivity contribution in [3.05, 3.63) is 0 Å². The van der Waals surface area contributed by atoms with E-state index in [2.05, 4.69) is 27.4 Å². The van der Waals surface area contributed by atoms with Gasteiger partial charge in [-0.1, -0.05) is 20.3 Å². The molecular formula is C15H30N4O2. The summed E-state index contributed by atoms with van der Waals surface area (Å²) in [6.07, 6.45) is 3.10. The van der Waals surface area contributed by atoms with Crippen molar-refractivity contribution in [1.29, 1.82) is 0 Å². The van der Waals surface area contributed by atoms with Crippen LogP contribution < -0.4 is 10.6 Å². The van der Waals surface area contributed by atoms with Crippen LogP contribution >= 0.6 is 0 Å². The number of amides is 2. The molecule has 1 heterocycles. The highest BCUT2D eigenvalue weighted by atomic mass is 16.2. The summed E-state index contributed by atoms with van der Waals surface area (Å²) in [6.45, 7) is 10.0. The van der Waals surface area contributed by atoms with Crippen LogP contribution in [0.3, 0.4) is 0 Å². The number of unbranched alkanes of at least 4 members (excludes halogenated alkanes) is 1. The van der Waals surface area contributed by atoms with Crippen molar-refractivity contribution in [3.8, 4) is 0 Å². The summed E-state index contributed by atoms with van der Waals surface area (Å²) in [5.74, 6) is 0.209. The zero-order valence-corrected chi connectivity index (χ0v) is 13.5. The van der Waals surface area contributed by atoms with E-state index < -0.39 is 0 Å². The average molecular weight is 298 g/mol. The van der Waals surface area contributed by atoms with Crippen LogP contribution in [0.4, 0.5) is 0 Å². The zero-order valence-electron chi connectivity index (χ0n) is 13.5. The van der Waals surface area contributed by atoms with Crippen molar-refractivity contribution >= 4 is 11.8 Å². The van der Waals surface area contributed by atoms with Crippen molar-refractivity contribution < 1.29 is 9.59 Å². The van der Waals surface area contributed by atoms with Gasteiger partial charge >= 0.3 is 0 Å². The van der Waals surface area contributed by atoms with Gasteiger partial charge in [0.1, 0.15) is 0 Å². The smallest absolute Gasteiger partial charge is 0.234 e. The topological polar surface area (TPSA) is 64.7 Å². The summed E-state index contributed by atoms with van der Waals surface area (Å²) in [4.78, 5) is 27.7. The number of hydrogen-bond acceptors (Lipinski definition) is 4. The molecule has 1 fully saturated rings. The van der Waals surface area contributed by atoms with Crippen LogP contribution in [0.5, 0.6) is 0 Å². The van der Waals surface area contributed by atoms with Gasteiger partial charge < -0.3 is 10.6 Å². The minimum atomic E-state index is 0.0996.